The minimum atomic E-state index is -3.51. The molecule has 0 spiro atoms. The molecule has 2 unspecified atom stereocenters. The number of nitrogens with zero attached hydrogens (tertiary/aromatic N) is 1. The van der Waals surface area contributed by atoms with Gasteiger partial charge in [0.2, 0.25) is 10.0 Å². The lowest BCUT2D eigenvalue weighted by atomic mass is 10.0. The van der Waals surface area contributed by atoms with Gasteiger partial charge in [-0.1, -0.05) is 23.7 Å². The monoisotopic (exact) mass is 350 g/mol. The fourth-order valence-electron chi connectivity index (χ4n) is 3.33. The topological polar surface area (TPSA) is 49.4 Å². The number of benzene rings is 1. The molecule has 2 atom stereocenters. The summed E-state index contributed by atoms with van der Waals surface area (Å²) in [5.74, 6) is 0. The SMILES string of the molecule is CN(C1CC2CCC(C1)N2)S(=O)(=O)c1ccccc1Cl.Cl. The Hall–Kier alpha value is -0.330. The van der Waals surface area contributed by atoms with Crippen molar-refractivity contribution in [3.8, 4) is 0 Å². The molecule has 0 aromatic heterocycles. The second-order valence-corrected chi connectivity index (χ2v) is 8.09. The number of hydrogen-bond donors (Lipinski definition) is 1. The molecule has 2 saturated heterocycles. The summed E-state index contributed by atoms with van der Waals surface area (Å²) in [7, 11) is -1.84. The molecule has 2 fully saturated rings. The maximum absolute atomic E-state index is 12.7. The van der Waals surface area contributed by atoms with E-state index in [-0.39, 0.29) is 28.4 Å². The molecule has 3 rings (SSSR count). The minimum Gasteiger partial charge on any atom is -0.311 e. The number of sulfonamides is 1. The molecule has 2 aliphatic rings. The van der Waals surface area contributed by atoms with Crippen molar-refractivity contribution in [2.45, 2.75) is 48.7 Å². The van der Waals surface area contributed by atoms with E-state index < -0.39 is 10.0 Å². The van der Waals surface area contributed by atoms with Crippen LogP contribution in [0.15, 0.2) is 29.2 Å². The molecule has 4 nitrogen and oxygen atoms in total. The van der Waals surface area contributed by atoms with E-state index in [0.717, 1.165) is 25.7 Å². The maximum Gasteiger partial charge on any atom is 0.244 e. The molecule has 0 radical (unpaired) electrons. The second-order valence-electron chi connectivity index (χ2n) is 5.71. The Kier molecular flexibility index (Phi) is 5.21. The number of rotatable bonds is 3. The third-order valence-corrected chi connectivity index (χ3v) is 6.87. The van der Waals surface area contributed by atoms with Crippen LogP contribution in [-0.2, 0) is 10.0 Å². The molecule has 0 aliphatic carbocycles. The molecular formula is C14H20Cl2N2O2S. The lowest BCUT2D eigenvalue weighted by Gasteiger charge is -2.34. The normalized spacial score (nSPS) is 28.4. The van der Waals surface area contributed by atoms with E-state index in [1.165, 1.54) is 4.31 Å². The highest BCUT2D eigenvalue weighted by Crippen LogP contribution is 2.32. The molecule has 2 aliphatic heterocycles. The molecule has 1 aromatic carbocycles. The van der Waals surface area contributed by atoms with Crippen LogP contribution in [0.3, 0.4) is 0 Å². The number of hydrogen-bond acceptors (Lipinski definition) is 3. The molecule has 1 aromatic rings. The summed E-state index contributed by atoms with van der Waals surface area (Å²) in [4.78, 5) is 0.204. The second kappa shape index (κ2) is 6.42. The molecule has 0 saturated carbocycles. The van der Waals surface area contributed by atoms with E-state index in [2.05, 4.69) is 5.32 Å². The number of piperidine rings is 1. The van der Waals surface area contributed by atoms with Gasteiger partial charge in [-0.3, -0.25) is 0 Å². The highest BCUT2D eigenvalue weighted by Gasteiger charge is 2.39. The first-order valence-electron chi connectivity index (χ1n) is 6.97. The first-order valence-corrected chi connectivity index (χ1v) is 8.79. The van der Waals surface area contributed by atoms with Crippen LogP contribution in [0.5, 0.6) is 0 Å². The highest BCUT2D eigenvalue weighted by atomic mass is 35.5. The first-order chi connectivity index (χ1) is 9.48. The number of halogens is 2. The van der Waals surface area contributed by atoms with Crippen molar-refractivity contribution in [1.29, 1.82) is 0 Å². The fraction of sp³-hybridized carbons (Fsp3) is 0.571. The molecule has 1 N–H and O–H groups in total. The van der Waals surface area contributed by atoms with Crippen LogP contribution < -0.4 is 5.32 Å². The van der Waals surface area contributed by atoms with Crippen molar-refractivity contribution >= 4 is 34.0 Å². The minimum absolute atomic E-state index is 0. The average molecular weight is 351 g/mol. The van der Waals surface area contributed by atoms with Crippen molar-refractivity contribution in [3.05, 3.63) is 29.3 Å². The van der Waals surface area contributed by atoms with Gasteiger partial charge in [0.15, 0.2) is 0 Å². The standard InChI is InChI=1S/C14H19ClN2O2S.ClH/c1-17(12-8-10-6-7-11(9-12)16-10)20(18,19)14-5-3-2-4-13(14)15;/h2-5,10-12,16H,6-9H2,1H3;1H. The molecule has 7 heteroatoms. The van der Waals surface area contributed by atoms with E-state index in [9.17, 15) is 8.42 Å². The van der Waals surface area contributed by atoms with Crippen molar-refractivity contribution in [1.82, 2.24) is 9.62 Å². The smallest absolute Gasteiger partial charge is 0.244 e. The third-order valence-electron chi connectivity index (χ3n) is 4.46. The van der Waals surface area contributed by atoms with Crippen molar-refractivity contribution in [3.63, 3.8) is 0 Å². The quantitative estimate of drug-likeness (QED) is 0.911. The van der Waals surface area contributed by atoms with Gasteiger partial charge in [-0.15, -0.1) is 12.4 Å². The van der Waals surface area contributed by atoms with E-state index in [0.29, 0.717) is 12.1 Å². The van der Waals surface area contributed by atoms with E-state index in [4.69, 9.17) is 11.6 Å². The van der Waals surface area contributed by atoms with Gasteiger partial charge in [0.05, 0.1) is 5.02 Å². The Bertz CT molecular complexity index is 597. The molecule has 2 heterocycles. The van der Waals surface area contributed by atoms with Crippen molar-refractivity contribution in [2.24, 2.45) is 0 Å². The summed E-state index contributed by atoms with van der Waals surface area (Å²) in [5, 5.41) is 3.82. The third kappa shape index (κ3) is 3.22. The molecule has 118 valence electrons. The van der Waals surface area contributed by atoms with Gasteiger partial charge in [0.25, 0.3) is 0 Å². The van der Waals surface area contributed by atoms with Crippen molar-refractivity contribution in [2.75, 3.05) is 7.05 Å². The highest BCUT2D eigenvalue weighted by molar-refractivity contribution is 7.89. The fourth-order valence-corrected chi connectivity index (χ4v) is 5.20. The summed E-state index contributed by atoms with van der Waals surface area (Å²) in [6, 6.07) is 7.63. The van der Waals surface area contributed by atoms with E-state index in [1.54, 1.807) is 31.3 Å². The lowest BCUT2D eigenvalue weighted by molar-refractivity contribution is 0.251. The van der Waals surface area contributed by atoms with E-state index in [1.807, 2.05) is 0 Å². The van der Waals surface area contributed by atoms with Gasteiger partial charge in [-0.25, -0.2) is 8.42 Å². The predicted molar refractivity (Wildman–Crippen MR) is 86.6 cm³/mol. The van der Waals surface area contributed by atoms with Crippen LogP contribution >= 0.6 is 24.0 Å². The van der Waals surface area contributed by atoms with Crippen LogP contribution in [0.4, 0.5) is 0 Å². The molecular weight excluding hydrogens is 331 g/mol. The first kappa shape index (κ1) is 17.0. The number of nitrogens with one attached hydrogen (secondary N) is 1. The van der Waals surface area contributed by atoms with Crippen LogP contribution in [0.2, 0.25) is 5.02 Å². The number of fused-ring (bicyclic) bond motifs is 2. The zero-order valence-corrected chi connectivity index (χ0v) is 14.2. The van der Waals surface area contributed by atoms with Gasteiger partial charge in [0.1, 0.15) is 4.90 Å². The van der Waals surface area contributed by atoms with E-state index >= 15 is 0 Å². The summed E-state index contributed by atoms with van der Waals surface area (Å²) < 4.78 is 26.9. The Labute approximate surface area is 137 Å². The van der Waals surface area contributed by atoms with Gasteiger partial charge in [-0.2, -0.15) is 4.31 Å². The predicted octanol–water partition coefficient (Wildman–Crippen LogP) is 2.67. The van der Waals surface area contributed by atoms with Crippen LogP contribution in [0.1, 0.15) is 25.7 Å². The zero-order valence-electron chi connectivity index (χ0n) is 11.8. The van der Waals surface area contributed by atoms with Gasteiger partial charge in [0, 0.05) is 25.2 Å². The molecule has 2 bridgehead atoms. The Morgan fingerprint density at radius 2 is 1.76 bits per heavy atom. The zero-order chi connectivity index (χ0) is 14.3. The van der Waals surface area contributed by atoms with Gasteiger partial charge >= 0.3 is 0 Å². The summed E-state index contributed by atoms with van der Waals surface area (Å²) >= 11 is 6.04. The average Bonchev–Trinajstić information content (AvgIpc) is 2.77. The van der Waals surface area contributed by atoms with Crippen LogP contribution in [0, 0.1) is 0 Å². The van der Waals surface area contributed by atoms with Crippen LogP contribution in [0.25, 0.3) is 0 Å². The molecule has 0 amide bonds. The Balaban J connectivity index is 0.00000161. The van der Waals surface area contributed by atoms with Gasteiger partial charge < -0.3 is 5.32 Å². The molecule has 21 heavy (non-hydrogen) atoms. The van der Waals surface area contributed by atoms with Crippen molar-refractivity contribution < 1.29 is 8.42 Å². The lowest BCUT2D eigenvalue weighted by Crippen LogP contribution is -2.48. The summed E-state index contributed by atoms with van der Waals surface area (Å²) in [6.45, 7) is 0. The van der Waals surface area contributed by atoms with Crippen LogP contribution in [-0.4, -0.2) is 37.9 Å². The summed E-state index contributed by atoms with van der Waals surface area (Å²) in [5.41, 5.74) is 0. The largest absolute Gasteiger partial charge is 0.311 e. The Morgan fingerprint density at radius 3 is 2.33 bits per heavy atom. The maximum atomic E-state index is 12.7. The summed E-state index contributed by atoms with van der Waals surface area (Å²) in [6.07, 6.45) is 4.08. The Morgan fingerprint density at radius 1 is 1.19 bits per heavy atom. The van der Waals surface area contributed by atoms with Gasteiger partial charge in [-0.05, 0) is 37.8 Å².